The summed E-state index contributed by atoms with van der Waals surface area (Å²) in [6.45, 7) is 0.737. The zero-order chi connectivity index (χ0) is 7.11. The van der Waals surface area contributed by atoms with Crippen molar-refractivity contribution in [3.63, 3.8) is 0 Å². The van der Waals surface area contributed by atoms with Gasteiger partial charge in [-0.1, -0.05) is 6.42 Å². The Kier molecular flexibility index (Phi) is 5.93. The standard InChI is InChI=1S/C6H16N2O/c7-5-3-1-2-4-6(8)9/h6,9H,1-5,7-8H2. The second kappa shape index (κ2) is 6.01. The maximum absolute atomic E-state index is 8.60. The Morgan fingerprint density at radius 1 is 1.22 bits per heavy atom. The van der Waals surface area contributed by atoms with Gasteiger partial charge < -0.3 is 16.6 Å². The van der Waals surface area contributed by atoms with E-state index in [1.165, 1.54) is 0 Å². The van der Waals surface area contributed by atoms with Gasteiger partial charge in [-0.05, 0) is 25.8 Å². The van der Waals surface area contributed by atoms with Crippen molar-refractivity contribution in [2.75, 3.05) is 6.54 Å². The highest BCUT2D eigenvalue weighted by Gasteiger charge is 1.93. The van der Waals surface area contributed by atoms with Crippen molar-refractivity contribution in [3.05, 3.63) is 0 Å². The first-order valence-corrected chi connectivity index (χ1v) is 3.41. The highest BCUT2D eigenvalue weighted by molar-refractivity contribution is 4.47. The van der Waals surface area contributed by atoms with E-state index in [-0.39, 0.29) is 0 Å². The van der Waals surface area contributed by atoms with Crippen molar-refractivity contribution in [2.45, 2.75) is 31.9 Å². The second-order valence-corrected chi connectivity index (χ2v) is 2.21. The van der Waals surface area contributed by atoms with E-state index in [9.17, 15) is 0 Å². The van der Waals surface area contributed by atoms with Crippen LogP contribution >= 0.6 is 0 Å². The normalized spacial score (nSPS) is 13.7. The average molecular weight is 132 g/mol. The first-order valence-electron chi connectivity index (χ1n) is 3.41. The van der Waals surface area contributed by atoms with Crippen molar-refractivity contribution >= 4 is 0 Å². The van der Waals surface area contributed by atoms with E-state index < -0.39 is 6.23 Å². The largest absolute Gasteiger partial charge is 0.379 e. The Bertz CT molecular complexity index is 57.0. The molecule has 0 saturated carbocycles. The Balaban J connectivity index is 2.75. The molecule has 1 unspecified atom stereocenters. The molecule has 1 atom stereocenters. The fourth-order valence-corrected chi connectivity index (χ4v) is 0.675. The smallest absolute Gasteiger partial charge is 0.102 e. The van der Waals surface area contributed by atoms with Crippen LogP contribution in [-0.2, 0) is 0 Å². The molecule has 3 nitrogen and oxygen atoms in total. The van der Waals surface area contributed by atoms with Gasteiger partial charge in [0.15, 0.2) is 0 Å². The molecule has 0 aliphatic rings. The van der Waals surface area contributed by atoms with Crippen LogP contribution in [0.1, 0.15) is 25.7 Å². The van der Waals surface area contributed by atoms with Gasteiger partial charge >= 0.3 is 0 Å². The lowest BCUT2D eigenvalue weighted by Crippen LogP contribution is -2.18. The summed E-state index contributed by atoms with van der Waals surface area (Å²) < 4.78 is 0. The number of aliphatic hydroxyl groups excluding tert-OH is 1. The van der Waals surface area contributed by atoms with Gasteiger partial charge in [0.05, 0.1) is 0 Å². The molecule has 0 aliphatic carbocycles. The predicted octanol–water partition coefficient (Wildman–Crippen LogP) is -0.217. The molecule has 0 saturated heterocycles. The summed E-state index contributed by atoms with van der Waals surface area (Å²) in [5, 5.41) is 8.60. The Labute approximate surface area is 56.0 Å². The van der Waals surface area contributed by atoms with Crippen molar-refractivity contribution in [3.8, 4) is 0 Å². The summed E-state index contributed by atoms with van der Waals surface area (Å²) >= 11 is 0. The van der Waals surface area contributed by atoms with Crippen molar-refractivity contribution in [2.24, 2.45) is 11.5 Å². The second-order valence-electron chi connectivity index (χ2n) is 2.21. The zero-order valence-corrected chi connectivity index (χ0v) is 5.71. The van der Waals surface area contributed by atoms with Crippen molar-refractivity contribution < 1.29 is 5.11 Å². The van der Waals surface area contributed by atoms with Gasteiger partial charge in [-0.3, -0.25) is 0 Å². The molecule has 3 heteroatoms. The molecule has 9 heavy (non-hydrogen) atoms. The SMILES string of the molecule is NCCCCCC(N)O. The molecule has 0 aromatic carbocycles. The van der Waals surface area contributed by atoms with E-state index in [1.54, 1.807) is 0 Å². The van der Waals surface area contributed by atoms with Crippen molar-refractivity contribution in [1.82, 2.24) is 0 Å². The quantitative estimate of drug-likeness (QED) is 0.358. The molecule has 56 valence electrons. The molecule has 0 aromatic rings. The predicted molar refractivity (Wildman–Crippen MR) is 37.7 cm³/mol. The molecule has 0 aromatic heterocycles. The molecule has 0 spiro atoms. The van der Waals surface area contributed by atoms with E-state index in [4.69, 9.17) is 16.6 Å². The van der Waals surface area contributed by atoms with Crippen LogP contribution in [0.3, 0.4) is 0 Å². The molecule has 0 heterocycles. The van der Waals surface area contributed by atoms with E-state index in [0.717, 1.165) is 25.8 Å². The Morgan fingerprint density at radius 3 is 2.33 bits per heavy atom. The van der Waals surface area contributed by atoms with Crippen LogP contribution in [0.25, 0.3) is 0 Å². The lowest BCUT2D eigenvalue weighted by atomic mass is 10.2. The Hall–Kier alpha value is -0.120. The topological polar surface area (TPSA) is 72.3 Å². The van der Waals surface area contributed by atoms with Crippen LogP contribution < -0.4 is 11.5 Å². The summed E-state index contributed by atoms with van der Waals surface area (Å²) in [4.78, 5) is 0. The van der Waals surface area contributed by atoms with Gasteiger partial charge in [0.25, 0.3) is 0 Å². The fraction of sp³-hybridized carbons (Fsp3) is 1.00. The Morgan fingerprint density at radius 2 is 1.89 bits per heavy atom. The summed E-state index contributed by atoms with van der Waals surface area (Å²) in [6.07, 6.45) is 3.15. The molecule has 5 N–H and O–H groups in total. The third kappa shape index (κ3) is 7.88. The minimum Gasteiger partial charge on any atom is -0.379 e. The molecular weight excluding hydrogens is 116 g/mol. The monoisotopic (exact) mass is 132 g/mol. The molecule has 0 fully saturated rings. The molecule has 0 aliphatic heterocycles. The van der Waals surface area contributed by atoms with Gasteiger partial charge in [0, 0.05) is 0 Å². The van der Waals surface area contributed by atoms with Gasteiger partial charge in [-0.15, -0.1) is 0 Å². The van der Waals surface area contributed by atoms with E-state index in [0.29, 0.717) is 6.42 Å². The maximum atomic E-state index is 8.60. The van der Waals surface area contributed by atoms with Crippen LogP contribution in [-0.4, -0.2) is 17.9 Å². The molecular formula is C6H16N2O. The highest BCUT2D eigenvalue weighted by Crippen LogP contribution is 1.98. The first-order chi connectivity index (χ1) is 4.27. The number of unbranched alkanes of at least 4 members (excludes halogenated alkanes) is 2. The minimum atomic E-state index is -0.636. The number of nitrogens with two attached hydrogens (primary N) is 2. The molecule has 0 bridgehead atoms. The van der Waals surface area contributed by atoms with Crippen LogP contribution in [0.4, 0.5) is 0 Å². The van der Waals surface area contributed by atoms with Gasteiger partial charge in [0.2, 0.25) is 0 Å². The van der Waals surface area contributed by atoms with Crippen molar-refractivity contribution in [1.29, 1.82) is 0 Å². The zero-order valence-electron chi connectivity index (χ0n) is 5.71. The molecule has 0 amide bonds. The lowest BCUT2D eigenvalue weighted by molar-refractivity contribution is 0.168. The fourth-order valence-electron chi connectivity index (χ4n) is 0.675. The van der Waals surface area contributed by atoms with E-state index in [1.807, 2.05) is 0 Å². The highest BCUT2D eigenvalue weighted by atomic mass is 16.3. The third-order valence-electron chi connectivity index (χ3n) is 1.20. The lowest BCUT2D eigenvalue weighted by Gasteiger charge is -2.01. The number of aliphatic hydroxyl groups is 1. The van der Waals surface area contributed by atoms with Gasteiger partial charge in [-0.25, -0.2) is 0 Å². The first kappa shape index (κ1) is 8.88. The van der Waals surface area contributed by atoms with Gasteiger partial charge in [0.1, 0.15) is 6.23 Å². The average Bonchev–Trinajstić information content (AvgIpc) is 1.80. The van der Waals surface area contributed by atoms with Gasteiger partial charge in [-0.2, -0.15) is 0 Å². The summed E-state index contributed by atoms with van der Waals surface area (Å²) in [5.41, 5.74) is 10.4. The van der Waals surface area contributed by atoms with Crippen LogP contribution in [0, 0.1) is 0 Å². The minimum absolute atomic E-state index is 0.636. The number of rotatable bonds is 5. The summed E-state index contributed by atoms with van der Waals surface area (Å²) in [6, 6.07) is 0. The molecule has 0 rings (SSSR count). The van der Waals surface area contributed by atoms with E-state index in [2.05, 4.69) is 0 Å². The number of hydrogen-bond acceptors (Lipinski definition) is 3. The molecule has 0 radical (unpaired) electrons. The summed E-state index contributed by atoms with van der Waals surface area (Å²) in [5.74, 6) is 0. The number of hydrogen-bond donors (Lipinski definition) is 3. The van der Waals surface area contributed by atoms with E-state index >= 15 is 0 Å². The maximum Gasteiger partial charge on any atom is 0.102 e. The van der Waals surface area contributed by atoms with Crippen LogP contribution in [0.15, 0.2) is 0 Å². The summed E-state index contributed by atoms with van der Waals surface area (Å²) in [7, 11) is 0. The third-order valence-corrected chi connectivity index (χ3v) is 1.20. The van der Waals surface area contributed by atoms with Crippen LogP contribution in [0.5, 0.6) is 0 Å². The van der Waals surface area contributed by atoms with Crippen LogP contribution in [0.2, 0.25) is 0 Å².